The standard InChI is InChI=1S/C22H29N3O5S/c1-16-13-24(14-17(2)29-16)15-18-7-3-4-8-19(18)23-22(26)20-9-10-21(30-20)31(27,28)25-11-5-6-12-25/h3-4,7-10,16-17H,5-6,11-15H2,1-2H3,(H,23,26)/t16-,17-/m1/s1. The van der Waals surface area contributed by atoms with Gasteiger partial charge in [-0.05, 0) is 50.5 Å². The molecule has 0 aliphatic carbocycles. The molecular formula is C22H29N3O5S. The van der Waals surface area contributed by atoms with Crippen molar-refractivity contribution in [3.8, 4) is 0 Å². The van der Waals surface area contributed by atoms with Crippen molar-refractivity contribution in [3.63, 3.8) is 0 Å². The number of para-hydroxylation sites is 1. The number of morpholine rings is 1. The Balaban J connectivity index is 1.46. The van der Waals surface area contributed by atoms with Crippen LogP contribution >= 0.6 is 0 Å². The minimum absolute atomic E-state index is 0.0267. The summed E-state index contributed by atoms with van der Waals surface area (Å²) in [6, 6.07) is 10.4. The van der Waals surface area contributed by atoms with Crippen LogP contribution in [0.4, 0.5) is 5.69 Å². The van der Waals surface area contributed by atoms with E-state index in [4.69, 9.17) is 9.15 Å². The number of benzene rings is 1. The van der Waals surface area contributed by atoms with E-state index in [-0.39, 0.29) is 23.1 Å². The largest absolute Gasteiger partial charge is 0.438 e. The molecule has 168 valence electrons. The highest BCUT2D eigenvalue weighted by Crippen LogP contribution is 2.24. The highest BCUT2D eigenvalue weighted by Gasteiger charge is 2.31. The van der Waals surface area contributed by atoms with Crippen LogP contribution in [-0.4, -0.2) is 61.9 Å². The van der Waals surface area contributed by atoms with Gasteiger partial charge in [-0.3, -0.25) is 9.69 Å². The van der Waals surface area contributed by atoms with Crippen molar-refractivity contribution < 1.29 is 22.4 Å². The smallest absolute Gasteiger partial charge is 0.291 e. The van der Waals surface area contributed by atoms with Crippen molar-refractivity contribution in [2.45, 2.75) is 50.5 Å². The van der Waals surface area contributed by atoms with E-state index in [1.54, 1.807) is 0 Å². The first-order valence-corrected chi connectivity index (χ1v) is 12.1. The Bertz CT molecular complexity index is 1020. The molecule has 8 nitrogen and oxygen atoms in total. The predicted octanol–water partition coefficient (Wildman–Crippen LogP) is 2.93. The molecule has 0 unspecified atom stereocenters. The Kier molecular flexibility index (Phi) is 6.47. The summed E-state index contributed by atoms with van der Waals surface area (Å²) in [4.78, 5) is 15.1. The van der Waals surface area contributed by atoms with Crippen LogP contribution in [0.15, 0.2) is 45.9 Å². The van der Waals surface area contributed by atoms with Gasteiger partial charge in [0.2, 0.25) is 5.09 Å². The van der Waals surface area contributed by atoms with Crippen molar-refractivity contribution >= 4 is 21.6 Å². The van der Waals surface area contributed by atoms with Gasteiger partial charge in [-0.2, -0.15) is 4.31 Å². The molecule has 2 atom stereocenters. The molecule has 0 saturated carbocycles. The third-order valence-electron chi connectivity index (χ3n) is 5.62. The molecule has 0 radical (unpaired) electrons. The summed E-state index contributed by atoms with van der Waals surface area (Å²) in [5.41, 5.74) is 1.66. The van der Waals surface area contributed by atoms with Crippen LogP contribution < -0.4 is 5.32 Å². The quantitative estimate of drug-likeness (QED) is 0.732. The number of nitrogens with zero attached hydrogens (tertiary/aromatic N) is 2. The van der Waals surface area contributed by atoms with Crippen LogP contribution in [0.25, 0.3) is 0 Å². The number of ether oxygens (including phenoxy) is 1. The zero-order chi connectivity index (χ0) is 22.0. The summed E-state index contributed by atoms with van der Waals surface area (Å²) < 4.78 is 37.9. The van der Waals surface area contributed by atoms with Gasteiger partial charge in [0.25, 0.3) is 15.9 Å². The van der Waals surface area contributed by atoms with Crippen LogP contribution in [0, 0.1) is 0 Å². The van der Waals surface area contributed by atoms with Gasteiger partial charge in [-0.25, -0.2) is 8.42 Å². The lowest BCUT2D eigenvalue weighted by atomic mass is 10.1. The molecule has 2 aromatic rings. The number of amides is 1. The molecule has 31 heavy (non-hydrogen) atoms. The lowest BCUT2D eigenvalue weighted by Gasteiger charge is -2.35. The van der Waals surface area contributed by atoms with E-state index in [2.05, 4.69) is 24.1 Å². The van der Waals surface area contributed by atoms with Gasteiger partial charge < -0.3 is 14.5 Å². The highest BCUT2D eigenvalue weighted by molar-refractivity contribution is 7.89. The van der Waals surface area contributed by atoms with Gasteiger partial charge in [0.05, 0.1) is 12.2 Å². The first-order chi connectivity index (χ1) is 14.8. The number of furan rings is 1. The average Bonchev–Trinajstić information content (AvgIpc) is 3.42. The molecular weight excluding hydrogens is 418 g/mol. The van der Waals surface area contributed by atoms with Crippen molar-refractivity contribution in [2.24, 2.45) is 0 Å². The van der Waals surface area contributed by atoms with Gasteiger partial charge in [0.1, 0.15) is 0 Å². The number of carbonyl (C=O) groups is 1. The lowest BCUT2D eigenvalue weighted by molar-refractivity contribution is -0.0704. The summed E-state index contributed by atoms with van der Waals surface area (Å²) in [6.45, 7) is 7.40. The fourth-order valence-corrected chi connectivity index (χ4v) is 5.68. The predicted molar refractivity (Wildman–Crippen MR) is 116 cm³/mol. The second-order valence-corrected chi connectivity index (χ2v) is 10.2. The third kappa shape index (κ3) is 5.01. The number of carbonyl (C=O) groups excluding carboxylic acids is 1. The summed E-state index contributed by atoms with van der Waals surface area (Å²) in [7, 11) is -3.69. The summed E-state index contributed by atoms with van der Waals surface area (Å²) in [6.07, 6.45) is 1.99. The first kappa shape index (κ1) is 22.0. The van der Waals surface area contributed by atoms with Crippen molar-refractivity contribution in [1.82, 2.24) is 9.21 Å². The summed E-state index contributed by atoms with van der Waals surface area (Å²) in [5.74, 6) is -0.500. The van der Waals surface area contributed by atoms with E-state index in [9.17, 15) is 13.2 Å². The van der Waals surface area contributed by atoms with Crippen LogP contribution in [-0.2, 0) is 21.3 Å². The minimum atomic E-state index is -3.69. The van der Waals surface area contributed by atoms with Crippen molar-refractivity contribution in [2.75, 3.05) is 31.5 Å². The van der Waals surface area contributed by atoms with E-state index < -0.39 is 15.9 Å². The fourth-order valence-electron chi connectivity index (χ4n) is 4.25. The molecule has 4 rings (SSSR count). The molecule has 2 aliphatic heterocycles. The van der Waals surface area contributed by atoms with Gasteiger partial charge >= 0.3 is 0 Å². The molecule has 3 heterocycles. The Morgan fingerprint density at radius 1 is 1.06 bits per heavy atom. The normalized spacial score (nSPS) is 23.2. The monoisotopic (exact) mass is 447 g/mol. The Morgan fingerprint density at radius 3 is 2.45 bits per heavy atom. The topological polar surface area (TPSA) is 92.1 Å². The van der Waals surface area contributed by atoms with E-state index in [1.807, 2.05) is 24.3 Å². The Morgan fingerprint density at radius 2 is 1.74 bits per heavy atom. The zero-order valence-electron chi connectivity index (χ0n) is 17.9. The maximum absolute atomic E-state index is 12.8. The molecule has 2 saturated heterocycles. The summed E-state index contributed by atoms with van der Waals surface area (Å²) >= 11 is 0. The number of hydrogen-bond donors (Lipinski definition) is 1. The molecule has 1 N–H and O–H groups in total. The fraction of sp³-hybridized carbons (Fsp3) is 0.500. The zero-order valence-corrected chi connectivity index (χ0v) is 18.7. The molecule has 1 amide bonds. The number of anilines is 1. The second-order valence-electron chi connectivity index (χ2n) is 8.29. The summed E-state index contributed by atoms with van der Waals surface area (Å²) in [5, 5.41) is 2.68. The number of hydrogen-bond acceptors (Lipinski definition) is 6. The second kappa shape index (κ2) is 9.12. The number of nitrogens with one attached hydrogen (secondary N) is 1. The minimum Gasteiger partial charge on any atom is -0.438 e. The van der Waals surface area contributed by atoms with E-state index in [0.29, 0.717) is 25.3 Å². The molecule has 2 fully saturated rings. The van der Waals surface area contributed by atoms with Crippen LogP contribution in [0.3, 0.4) is 0 Å². The lowest BCUT2D eigenvalue weighted by Crippen LogP contribution is -2.44. The van der Waals surface area contributed by atoms with Crippen LogP contribution in [0.1, 0.15) is 42.8 Å². The molecule has 1 aromatic heterocycles. The van der Waals surface area contributed by atoms with E-state index in [1.165, 1.54) is 16.4 Å². The Labute approximate surface area is 183 Å². The van der Waals surface area contributed by atoms with Gasteiger partial charge in [0.15, 0.2) is 5.76 Å². The van der Waals surface area contributed by atoms with Gasteiger partial charge in [-0.15, -0.1) is 0 Å². The molecule has 1 aromatic carbocycles. The third-order valence-corrected chi connectivity index (χ3v) is 7.39. The van der Waals surface area contributed by atoms with E-state index in [0.717, 1.165) is 31.5 Å². The van der Waals surface area contributed by atoms with E-state index >= 15 is 0 Å². The maximum Gasteiger partial charge on any atom is 0.291 e. The van der Waals surface area contributed by atoms with Crippen molar-refractivity contribution in [1.29, 1.82) is 0 Å². The molecule has 2 aliphatic rings. The van der Waals surface area contributed by atoms with Crippen LogP contribution in [0.5, 0.6) is 0 Å². The maximum atomic E-state index is 12.8. The molecule has 9 heteroatoms. The SMILES string of the molecule is C[C@@H]1CN(Cc2ccccc2NC(=O)c2ccc(S(=O)(=O)N3CCCC3)o2)C[C@@H](C)O1. The van der Waals surface area contributed by atoms with Gasteiger partial charge in [-0.1, -0.05) is 18.2 Å². The number of rotatable bonds is 6. The average molecular weight is 448 g/mol. The van der Waals surface area contributed by atoms with Gasteiger partial charge in [0, 0.05) is 38.4 Å². The van der Waals surface area contributed by atoms with Crippen LogP contribution in [0.2, 0.25) is 0 Å². The molecule has 0 spiro atoms. The highest BCUT2D eigenvalue weighted by atomic mass is 32.2. The van der Waals surface area contributed by atoms with Crippen molar-refractivity contribution in [3.05, 3.63) is 47.7 Å². The molecule has 0 bridgehead atoms. The first-order valence-electron chi connectivity index (χ1n) is 10.7. The Hall–Kier alpha value is -2.20. The number of sulfonamides is 1.